The van der Waals surface area contributed by atoms with Gasteiger partial charge in [-0.15, -0.1) is 0 Å². The number of hydrogen-bond acceptors (Lipinski definition) is 0. The second-order valence-corrected chi connectivity index (χ2v) is 27.4. The van der Waals surface area contributed by atoms with Crippen molar-refractivity contribution in [2.45, 2.75) is 194 Å². The van der Waals surface area contributed by atoms with Gasteiger partial charge in [-0.3, -0.25) is 0 Å². The first-order valence-corrected chi connectivity index (χ1v) is 31.7. The van der Waals surface area contributed by atoms with Crippen LogP contribution in [0.25, 0.3) is 21.5 Å². The fourth-order valence-corrected chi connectivity index (χ4v) is 17.2. The summed E-state index contributed by atoms with van der Waals surface area (Å²) >= 11 is 0. The maximum atomic E-state index is 14.1. The maximum Gasteiger partial charge on any atom is 0.195 e. The smallest absolute Gasteiger partial charge is 0.195 e. The van der Waals surface area contributed by atoms with E-state index in [0.29, 0.717) is 64.3 Å². The fraction of sp³-hybridized carbons (Fsp3) is 0.556. The molecule has 8 unspecified atom stereocenters. The highest BCUT2D eigenvalue weighted by atomic mass is 19.2. The molecule has 8 atom stereocenters. The zero-order valence-corrected chi connectivity index (χ0v) is 49.1. The van der Waals surface area contributed by atoms with Crippen molar-refractivity contribution in [3.05, 3.63) is 163 Å². The van der Waals surface area contributed by atoms with Crippen molar-refractivity contribution >= 4 is 21.5 Å². The Balaban J connectivity index is 0.000000118. The van der Waals surface area contributed by atoms with Crippen LogP contribution in [0.3, 0.4) is 0 Å². The molecule has 6 aromatic rings. The van der Waals surface area contributed by atoms with Gasteiger partial charge in [0.25, 0.3) is 0 Å². The topological polar surface area (TPSA) is 0 Å². The van der Waals surface area contributed by atoms with E-state index < -0.39 is 69.8 Å². The van der Waals surface area contributed by atoms with Crippen LogP contribution in [0.4, 0.5) is 52.7 Å². The zero-order chi connectivity index (χ0) is 59.4. The lowest BCUT2D eigenvalue weighted by molar-refractivity contribution is 0.121. The quantitative estimate of drug-likeness (QED) is 0.120. The highest BCUT2D eigenvalue weighted by Crippen LogP contribution is 2.52. The van der Waals surface area contributed by atoms with E-state index in [1.807, 2.05) is 12.1 Å². The minimum Gasteiger partial charge on any atom is -0.204 e. The zero-order valence-electron chi connectivity index (χ0n) is 49.1. The summed E-state index contributed by atoms with van der Waals surface area (Å²) in [7, 11) is 0. The fourth-order valence-electron chi connectivity index (χ4n) is 17.2. The third-order valence-corrected chi connectivity index (χ3v) is 22.1. The number of halogens is 12. The van der Waals surface area contributed by atoms with Gasteiger partial charge >= 0.3 is 0 Å². The normalized spacial score (nSPS) is 28.8. The Labute approximate surface area is 488 Å². The standard InChI is InChI=1S/C21H27F3.C21H23F3.C15H17F3.C15H13F3/c2*1-12-2-4-13(5-3-12)14-6-8-16-15(10-14)7-9-17-18(16)11-19(22)21(24)20(17)23;2*1-8-2-4-10-9(6-8)3-5-11-12(10)7-13(16)15(18)14(11)17/h11-16H,2-10H2,1H3;7,9,11-14H,2-6,8,10H2,1H3;7-10H,2-6H2,1H3;3,5,7-8H,2,4,6H2,1H3. The van der Waals surface area contributed by atoms with Crippen LogP contribution in [0.1, 0.15) is 200 Å². The first-order chi connectivity index (χ1) is 40.2. The summed E-state index contributed by atoms with van der Waals surface area (Å²) in [6.45, 7) is 9.09. The van der Waals surface area contributed by atoms with Crippen LogP contribution in [0.15, 0.2) is 48.5 Å². The van der Waals surface area contributed by atoms with Crippen LogP contribution in [-0.2, 0) is 38.5 Å². The molecule has 0 radical (unpaired) electrons. The molecule has 0 saturated heterocycles. The average molecular weight is 1170 g/mol. The van der Waals surface area contributed by atoms with Crippen molar-refractivity contribution in [2.75, 3.05) is 0 Å². The number of fused-ring (bicyclic) bond motifs is 12. The van der Waals surface area contributed by atoms with Crippen LogP contribution in [-0.4, -0.2) is 0 Å². The molecule has 4 saturated carbocycles. The van der Waals surface area contributed by atoms with Crippen molar-refractivity contribution in [3.63, 3.8) is 0 Å². The lowest BCUT2D eigenvalue weighted by Gasteiger charge is -2.44. The molecule has 4 fully saturated rings. The van der Waals surface area contributed by atoms with Gasteiger partial charge in [0.15, 0.2) is 69.8 Å². The number of benzene rings is 6. The van der Waals surface area contributed by atoms with Crippen molar-refractivity contribution in [3.8, 4) is 0 Å². The number of aryl methyl sites for hydroxylation is 2. The number of rotatable bonds is 2. The monoisotopic (exact) mass is 1170 g/mol. The van der Waals surface area contributed by atoms with Gasteiger partial charge in [0.2, 0.25) is 0 Å². The lowest BCUT2D eigenvalue weighted by Crippen LogP contribution is -2.33. The van der Waals surface area contributed by atoms with Crippen LogP contribution in [0.2, 0.25) is 0 Å². The molecule has 6 aromatic carbocycles. The Morgan fingerprint density at radius 2 is 0.655 bits per heavy atom. The van der Waals surface area contributed by atoms with Crippen molar-refractivity contribution in [1.29, 1.82) is 0 Å². The highest BCUT2D eigenvalue weighted by molar-refractivity contribution is 5.89. The third kappa shape index (κ3) is 12.2. The molecule has 12 heteroatoms. The molecule has 0 spiro atoms. The summed E-state index contributed by atoms with van der Waals surface area (Å²) < 4.78 is 163. The Kier molecular flexibility index (Phi) is 18.3. The van der Waals surface area contributed by atoms with Gasteiger partial charge in [0.05, 0.1) is 0 Å². The molecule has 14 rings (SSSR count). The van der Waals surface area contributed by atoms with E-state index in [0.717, 1.165) is 141 Å². The largest absolute Gasteiger partial charge is 0.204 e. The minimum atomic E-state index is -1.38. The van der Waals surface area contributed by atoms with Gasteiger partial charge < -0.3 is 0 Å². The summed E-state index contributed by atoms with van der Waals surface area (Å²) in [5, 5.41) is 1.47. The van der Waals surface area contributed by atoms with Gasteiger partial charge in [-0.1, -0.05) is 84.1 Å². The molecule has 8 aliphatic rings. The molecule has 0 bridgehead atoms. The van der Waals surface area contributed by atoms with Crippen LogP contribution in [0.5, 0.6) is 0 Å². The van der Waals surface area contributed by atoms with E-state index >= 15 is 0 Å². The summed E-state index contributed by atoms with van der Waals surface area (Å²) in [5.41, 5.74) is 6.68. The summed E-state index contributed by atoms with van der Waals surface area (Å²) in [4.78, 5) is 0. The van der Waals surface area contributed by atoms with Crippen LogP contribution < -0.4 is 0 Å². The second kappa shape index (κ2) is 25.4. The molecule has 84 heavy (non-hydrogen) atoms. The molecule has 452 valence electrons. The predicted molar refractivity (Wildman–Crippen MR) is 309 cm³/mol. The molecule has 0 N–H and O–H groups in total. The molecule has 0 aliphatic heterocycles. The van der Waals surface area contributed by atoms with Crippen LogP contribution in [0, 0.1) is 129 Å². The molecular weight excluding hydrogens is 1090 g/mol. The van der Waals surface area contributed by atoms with Gasteiger partial charge in [0, 0.05) is 10.8 Å². The molecule has 0 aromatic heterocycles. The first kappa shape index (κ1) is 60.7. The second-order valence-electron chi connectivity index (χ2n) is 27.4. The van der Waals surface area contributed by atoms with Crippen molar-refractivity contribution in [2.24, 2.45) is 59.2 Å². The van der Waals surface area contributed by atoms with E-state index in [1.165, 1.54) is 88.0 Å². The SMILES string of the molecule is CC1CCC(C2CCC3c4cc(F)c(F)c(F)c4CCC3C2)CC1.CC1CCC(C2CCc3c(ccc4c(F)c(F)c(F)cc34)C2)CC1.CC1CCC2c3cc(F)c(F)c(F)c3CCC2C1.CC1CCc2c(ccc3c(F)c(F)c(F)cc23)C1. The average Bonchev–Trinajstić information content (AvgIpc) is 1.38. The lowest BCUT2D eigenvalue weighted by atomic mass is 9.61. The number of hydrogen-bond donors (Lipinski definition) is 0. The van der Waals surface area contributed by atoms with Gasteiger partial charge in [-0.25, -0.2) is 52.7 Å². The van der Waals surface area contributed by atoms with E-state index in [9.17, 15) is 52.7 Å². The van der Waals surface area contributed by atoms with E-state index in [1.54, 1.807) is 12.1 Å². The Hall–Kier alpha value is -5.00. The molecular formula is C72H80F12. The van der Waals surface area contributed by atoms with Gasteiger partial charge in [0.1, 0.15) is 0 Å². The predicted octanol–water partition coefficient (Wildman–Crippen LogP) is 21.5. The minimum absolute atomic E-state index is 0.183. The summed E-state index contributed by atoms with van der Waals surface area (Å²) in [5.74, 6) is -6.01. The van der Waals surface area contributed by atoms with E-state index in [2.05, 4.69) is 27.7 Å². The van der Waals surface area contributed by atoms with Crippen molar-refractivity contribution in [1.82, 2.24) is 0 Å². The van der Waals surface area contributed by atoms with E-state index in [-0.39, 0.29) is 22.6 Å². The maximum absolute atomic E-state index is 14.1. The van der Waals surface area contributed by atoms with Gasteiger partial charge in [-0.2, -0.15) is 0 Å². The Bertz CT molecular complexity index is 3390. The molecule has 8 aliphatic carbocycles. The van der Waals surface area contributed by atoms with Gasteiger partial charge in [-0.05, 0) is 273 Å². The molecule has 0 heterocycles. The summed E-state index contributed by atoms with van der Waals surface area (Å²) in [6.07, 6.45) is 25.8. The summed E-state index contributed by atoms with van der Waals surface area (Å²) in [6, 6.07) is 11.8. The highest BCUT2D eigenvalue weighted by Gasteiger charge is 2.41. The molecule has 0 amide bonds. The first-order valence-electron chi connectivity index (χ1n) is 31.7. The third-order valence-electron chi connectivity index (χ3n) is 22.1. The Morgan fingerprint density at radius 1 is 0.274 bits per heavy atom. The Morgan fingerprint density at radius 3 is 1.17 bits per heavy atom. The molecule has 0 nitrogen and oxygen atoms in total. The van der Waals surface area contributed by atoms with Crippen molar-refractivity contribution < 1.29 is 52.7 Å². The van der Waals surface area contributed by atoms with Crippen LogP contribution >= 0.6 is 0 Å². The van der Waals surface area contributed by atoms with E-state index in [4.69, 9.17) is 0 Å².